The number of aliphatic hydroxyl groups is 2. The molecular formula is C15H25O4P. The highest BCUT2D eigenvalue weighted by molar-refractivity contribution is 7.44. The van der Waals surface area contributed by atoms with Crippen molar-refractivity contribution < 1.29 is 19.5 Å². The van der Waals surface area contributed by atoms with Crippen molar-refractivity contribution >= 4 is 7.80 Å². The molecule has 0 atom stereocenters. The summed E-state index contributed by atoms with van der Waals surface area (Å²) >= 11 is 0. The molecule has 0 unspecified atom stereocenters. The number of ether oxygens (including phenoxy) is 1. The van der Waals surface area contributed by atoms with Crippen molar-refractivity contribution in [1.82, 2.24) is 0 Å². The Hall–Kier alpha value is -1.09. The van der Waals surface area contributed by atoms with Crippen LogP contribution in [0.15, 0.2) is 43.0 Å². The predicted molar refractivity (Wildman–Crippen MR) is 84.3 cm³/mol. The molecule has 0 bridgehead atoms. The number of aliphatic hydroxyl groups excluding tert-OH is 2. The van der Waals surface area contributed by atoms with Gasteiger partial charge in [-0.2, -0.15) is 0 Å². The molecule has 20 heavy (non-hydrogen) atoms. The van der Waals surface area contributed by atoms with E-state index in [1.54, 1.807) is 6.08 Å². The Morgan fingerprint density at radius 3 is 2.10 bits per heavy atom. The van der Waals surface area contributed by atoms with Crippen molar-refractivity contribution in [3.05, 3.63) is 43.0 Å². The number of para-hydroxylation sites is 1. The van der Waals surface area contributed by atoms with E-state index in [2.05, 4.69) is 6.58 Å². The van der Waals surface area contributed by atoms with E-state index in [0.29, 0.717) is 31.8 Å². The van der Waals surface area contributed by atoms with Crippen molar-refractivity contribution in [2.75, 3.05) is 32.1 Å². The number of hydrogen-bond acceptors (Lipinski definition) is 4. The zero-order chi connectivity index (χ0) is 15.1. The highest BCUT2D eigenvalue weighted by Gasteiger charge is 1.97. The van der Waals surface area contributed by atoms with Crippen molar-refractivity contribution in [3.63, 3.8) is 0 Å². The van der Waals surface area contributed by atoms with Gasteiger partial charge in [-0.05, 0) is 25.0 Å². The van der Waals surface area contributed by atoms with Crippen LogP contribution in [0.1, 0.15) is 12.8 Å². The van der Waals surface area contributed by atoms with Gasteiger partial charge in [0, 0.05) is 25.5 Å². The summed E-state index contributed by atoms with van der Waals surface area (Å²) < 4.78 is 16.2. The topological polar surface area (TPSA) is 66.8 Å². The van der Waals surface area contributed by atoms with Crippen LogP contribution in [0.3, 0.4) is 0 Å². The summed E-state index contributed by atoms with van der Waals surface area (Å²) in [5, 5.41) is 16.7. The van der Waals surface area contributed by atoms with E-state index in [4.69, 9.17) is 14.9 Å². The van der Waals surface area contributed by atoms with Gasteiger partial charge in [0.15, 0.2) is 0 Å². The van der Waals surface area contributed by atoms with Gasteiger partial charge >= 0.3 is 0 Å². The smallest absolute Gasteiger partial charge is 0.119 e. The average Bonchev–Trinajstić information content (AvgIpc) is 2.50. The van der Waals surface area contributed by atoms with Crippen LogP contribution in [0.25, 0.3) is 0 Å². The molecular weight excluding hydrogens is 275 g/mol. The molecule has 0 aliphatic rings. The zero-order valence-corrected chi connectivity index (χ0v) is 12.8. The molecule has 0 aliphatic carbocycles. The van der Waals surface area contributed by atoms with Gasteiger partial charge in [0.1, 0.15) is 12.4 Å². The molecule has 114 valence electrons. The first-order valence-corrected chi connectivity index (χ1v) is 8.59. The summed E-state index contributed by atoms with van der Waals surface area (Å²) in [6.07, 6.45) is 4.24. The first-order valence-electron chi connectivity index (χ1n) is 6.76. The van der Waals surface area contributed by atoms with Crippen molar-refractivity contribution in [2.45, 2.75) is 12.8 Å². The van der Waals surface area contributed by atoms with Crippen LogP contribution in [0.4, 0.5) is 0 Å². The van der Waals surface area contributed by atoms with Crippen molar-refractivity contribution in [1.29, 1.82) is 0 Å². The quantitative estimate of drug-likeness (QED) is 0.543. The monoisotopic (exact) mass is 300 g/mol. The molecule has 0 radical (unpaired) electrons. The second-order valence-electron chi connectivity index (χ2n) is 4.11. The van der Waals surface area contributed by atoms with Gasteiger partial charge in [0.2, 0.25) is 0 Å². The lowest BCUT2D eigenvalue weighted by molar-refractivity contribution is 0.293. The molecule has 2 N–H and O–H groups in total. The molecule has 1 aromatic rings. The van der Waals surface area contributed by atoms with Crippen LogP contribution in [-0.4, -0.2) is 42.4 Å². The molecule has 0 saturated heterocycles. The van der Waals surface area contributed by atoms with Crippen LogP contribution in [-0.2, 0) is 4.57 Å². The van der Waals surface area contributed by atoms with Gasteiger partial charge in [0.05, 0.1) is 7.80 Å². The third-order valence-corrected chi connectivity index (χ3v) is 4.16. The van der Waals surface area contributed by atoms with Crippen LogP contribution in [0, 0.1) is 0 Å². The Bertz CT molecular complexity index is 344. The molecule has 0 aliphatic heterocycles. The molecule has 5 heteroatoms. The molecule has 1 aromatic carbocycles. The van der Waals surface area contributed by atoms with Gasteiger partial charge in [0.25, 0.3) is 0 Å². The normalized spacial score (nSPS) is 9.75. The lowest BCUT2D eigenvalue weighted by Gasteiger charge is -1.99. The second-order valence-corrected chi connectivity index (χ2v) is 6.18. The van der Waals surface area contributed by atoms with Gasteiger partial charge in [-0.1, -0.05) is 30.9 Å². The number of hydrogen-bond donors (Lipinski definition) is 2. The van der Waals surface area contributed by atoms with Gasteiger partial charge in [-0.3, -0.25) is 0 Å². The Balaban J connectivity index is 0.000000361. The van der Waals surface area contributed by atoms with E-state index in [-0.39, 0.29) is 13.2 Å². The fraction of sp³-hybridized carbons (Fsp3) is 0.467. The van der Waals surface area contributed by atoms with E-state index >= 15 is 0 Å². The van der Waals surface area contributed by atoms with Crippen LogP contribution >= 0.6 is 7.80 Å². The number of benzene rings is 1. The minimum absolute atomic E-state index is 0.121. The van der Waals surface area contributed by atoms with Crippen LogP contribution in [0.2, 0.25) is 0 Å². The summed E-state index contributed by atoms with van der Waals surface area (Å²) in [4.78, 5) is 0. The van der Waals surface area contributed by atoms with E-state index in [9.17, 15) is 4.57 Å². The Kier molecular flexibility index (Phi) is 13.5. The third-order valence-electron chi connectivity index (χ3n) is 2.34. The van der Waals surface area contributed by atoms with Crippen LogP contribution < -0.4 is 4.74 Å². The molecule has 4 nitrogen and oxygen atoms in total. The fourth-order valence-corrected chi connectivity index (χ4v) is 2.70. The Morgan fingerprint density at radius 2 is 1.65 bits per heavy atom. The highest BCUT2D eigenvalue weighted by atomic mass is 31.1. The average molecular weight is 300 g/mol. The first-order chi connectivity index (χ1) is 9.74. The summed E-state index contributed by atoms with van der Waals surface area (Å²) in [5.74, 6) is 0.891. The maximum atomic E-state index is 10.9. The lowest BCUT2D eigenvalue weighted by atomic mass is 10.3. The summed E-state index contributed by atoms with van der Waals surface area (Å²) in [6, 6.07) is 9.69. The molecule has 0 aromatic heterocycles. The third kappa shape index (κ3) is 12.0. The SMILES string of the molecule is C=CCOc1ccccc1.O=[PH](CCCO)CCCO. The molecule has 0 heterocycles. The summed E-state index contributed by atoms with van der Waals surface area (Å²) in [5.41, 5.74) is 0. The predicted octanol–water partition coefficient (Wildman–Crippen LogP) is 2.56. The zero-order valence-electron chi connectivity index (χ0n) is 11.8. The minimum Gasteiger partial charge on any atom is -0.490 e. The van der Waals surface area contributed by atoms with E-state index in [1.165, 1.54) is 0 Å². The largest absolute Gasteiger partial charge is 0.490 e. The minimum atomic E-state index is -1.48. The van der Waals surface area contributed by atoms with E-state index in [1.807, 2.05) is 30.3 Å². The first kappa shape index (κ1) is 18.9. The highest BCUT2D eigenvalue weighted by Crippen LogP contribution is 2.21. The summed E-state index contributed by atoms with van der Waals surface area (Å²) in [6.45, 7) is 4.37. The Morgan fingerprint density at radius 1 is 1.10 bits per heavy atom. The molecule has 0 saturated carbocycles. The Labute approximate surface area is 121 Å². The number of rotatable bonds is 9. The van der Waals surface area contributed by atoms with Crippen molar-refractivity contribution in [3.8, 4) is 5.75 Å². The van der Waals surface area contributed by atoms with Gasteiger partial charge in [-0.25, -0.2) is 0 Å². The molecule has 0 fully saturated rings. The van der Waals surface area contributed by atoms with Crippen molar-refractivity contribution in [2.24, 2.45) is 0 Å². The second kappa shape index (κ2) is 14.3. The van der Waals surface area contributed by atoms with Gasteiger partial charge in [-0.15, -0.1) is 0 Å². The maximum absolute atomic E-state index is 10.9. The van der Waals surface area contributed by atoms with E-state index < -0.39 is 7.80 Å². The molecule has 1 rings (SSSR count). The van der Waals surface area contributed by atoms with Crippen LogP contribution in [0.5, 0.6) is 5.75 Å². The molecule has 0 amide bonds. The fourth-order valence-electron chi connectivity index (χ4n) is 1.35. The summed E-state index contributed by atoms with van der Waals surface area (Å²) in [7, 11) is -1.48. The lowest BCUT2D eigenvalue weighted by Crippen LogP contribution is -1.91. The maximum Gasteiger partial charge on any atom is 0.119 e. The van der Waals surface area contributed by atoms with E-state index in [0.717, 1.165) is 5.75 Å². The van der Waals surface area contributed by atoms with Gasteiger partial charge < -0.3 is 19.5 Å². The standard InChI is InChI=1S/C9H10O.C6H15O3P/c1-2-8-10-9-6-4-3-5-7-9;7-3-1-5-10(9)6-2-4-8/h2-7H,1,8H2;7-8,10H,1-6H2. The molecule has 0 spiro atoms.